The first kappa shape index (κ1) is 9.65. The molecule has 0 unspecified atom stereocenters. The van der Waals surface area contributed by atoms with E-state index in [0.717, 1.165) is 12.8 Å². The lowest BCUT2D eigenvalue weighted by Crippen LogP contribution is -2.00. The Morgan fingerprint density at radius 3 is 1.44 bits per heavy atom. The normalized spacial score (nSPS) is 11.6. The fraction of sp³-hybridized carbons (Fsp3) is 0.250. The number of hydrogen-bond donors (Lipinski definition) is 0. The molecule has 1 aliphatic carbocycles. The molecule has 0 spiro atoms. The molecule has 0 amide bonds. The van der Waals surface area contributed by atoms with Crippen molar-refractivity contribution >= 4 is 0 Å². The summed E-state index contributed by atoms with van der Waals surface area (Å²) in [6.07, 6.45) is 2.24. The molecule has 0 N–H and O–H groups in total. The molecule has 2 aromatic carbocycles. The third-order valence-corrected chi connectivity index (χ3v) is 3.56. The van der Waals surface area contributed by atoms with Crippen LogP contribution in [0, 0.1) is 0 Å². The third-order valence-electron chi connectivity index (χ3n) is 3.56. The van der Waals surface area contributed by atoms with E-state index in [1.165, 1.54) is 33.4 Å². The van der Waals surface area contributed by atoms with Crippen LogP contribution in [-0.2, 0) is 12.8 Å². The van der Waals surface area contributed by atoms with E-state index in [-0.39, 0.29) is 0 Å². The summed E-state index contributed by atoms with van der Waals surface area (Å²) >= 11 is 0. The van der Waals surface area contributed by atoms with Gasteiger partial charge in [0.2, 0.25) is 0 Å². The molecule has 0 nitrogen and oxygen atoms in total. The smallest absolute Gasteiger partial charge is 0.00961 e. The second-order valence-corrected chi connectivity index (χ2v) is 4.47. The SMILES string of the molecule is CCc1ccc2c(c1)-c1cc(CC)ccc1-2. The van der Waals surface area contributed by atoms with Gasteiger partial charge in [0.05, 0.1) is 0 Å². The molecule has 0 heteroatoms. The van der Waals surface area contributed by atoms with Crippen molar-refractivity contribution in [2.45, 2.75) is 26.7 Å². The van der Waals surface area contributed by atoms with E-state index in [0.29, 0.717) is 0 Å². The summed E-state index contributed by atoms with van der Waals surface area (Å²) in [6.45, 7) is 4.42. The first-order valence-electron chi connectivity index (χ1n) is 6.10. The molecular formula is C16H16. The number of hydrogen-bond acceptors (Lipinski definition) is 0. The molecule has 0 aromatic heterocycles. The molecular weight excluding hydrogens is 192 g/mol. The fourth-order valence-corrected chi connectivity index (χ4v) is 2.48. The minimum atomic E-state index is 1.12. The van der Waals surface area contributed by atoms with Crippen LogP contribution >= 0.6 is 0 Å². The monoisotopic (exact) mass is 208 g/mol. The highest BCUT2D eigenvalue weighted by atomic mass is 14.2. The molecule has 16 heavy (non-hydrogen) atoms. The van der Waals surface area contributed by atoms with Gasteiger partial charge in [0.1, 0.15) is 0 Å². The Morgan fingerprint density at radius 2 is 1.06 bits per heavy atom. The van der Waals surface area contributed by atoms with E-state index in [4.69, 9.17) is 0 Å². The van der Waals surface area contributed by atoms with Crippen LogP contribution in [-0.4, -0.2) is 0 Å². The molecule has 1 aliphatic rings. The van der Waals surface area contributed by atoms with Gasteiger partial charge in [-0.2, -0.15) is 0 Å². The Labute approximate surface area is 96.9 Å². The zero-order valence-corrected chi connectivity index (χ0v) is 9.88. The number of benzene rings is 2. The molecule has 0 saturated heterocycles. The molecule has 3 rings (SSSR count). The third kappa shape index (κ3) is 1.23. The van der Waals surface area contributed by atoms with Crippen molar-refractivity contribution in [2.75, 3.05) is 0 Å². The summed E-state index contributed by atoms with van der Waals surface area (Å²) < 4.78 is 0. The largest absolute Gasteiger partial charge is 0.0613 e. The molecule has 0 radical (unpaired) electrons. The van der Waals surface area contributed by atoms with Gasteiger partial charge < -0.3 is 0 Å². The average molecular weight is 208 g/mol. The van der Waals surface area contributed by atoms with Gasteiger partial charge in [-0.25, -0.2) is 0 Å². The number of rotatable bonds is 2. The molecule has 0 saturated carbocycles. The van der Waals surface area contributed by atoms with Crippen LogP contribution in [0.1, 0.15) is 25.0 Å². The van der Waals surface area contributed by atoms with Crippen molar-refractivity contribution in [1.82, 2.24) is 0 Å². The summed E-state index contributed by atoms with van der Waals surface area (Å²) in [4.78, 5) is 0. The minimum absolute atomic E-state index is 1.12. The fourth-order valence-electron chi connectivity index (χ4n) is 2.48. The molecule has 80 valence electrons. The van der Waals surface area contributed by atoms with Crippen molar-refractivity contribution in [3.05, 3.63) is 47.5 Å². The van der Waals surface area contributed by atoms with Crippen molar-refractivity contribution in [1.29, 1.82) is 0 Å². The van der Waals surface area contributed by atoms with E-state index in [9.17, 15) is 0 Å². The molecule has 0 fully saturated rings. The molecule has 2 aromatic rings. The van der Waals surface area contributed by atoms with Gasteiger partial charge in [-0.05, 0) is 46.2 Å². The van der Waals surface area contributed by atoms with E-state index in [2.05, 4.69) is 50.2 Å². The predicted octanol–water partition coefficient (Wildman–Crippen LogP) is 4.46. The molecule has 0 aliphatic heterocycles. The van der Waals surface area contributed by atoms with Crippen LogP contribution < -0.4 is 0 Å². The van der Waals surface area contributed by atoms with E-state index < -0.39 is 0 Å². The Morgan fingerprint density at radius 1 is 0.625 bits per heavy atom. The number of fused-ring (bicyclic) bond motifs is 4. The van der Waals surface area contributed by atoms with Crippen LogP contribution in [0.5, 0.6) is 0 Å². The maximum Gasteiger partial charge on any atom is -0.00961 e. The Kier molecular flexibility index (Phi) is 2.10. The van der Waals surface area contributed by atoms with E-state index in [1.54, 1.807) is 0 Å². The summed E-state index contributed by atoms with van der Waals surface area (Å²) in [5.74, 6) is 0. The van der Waals surface area contributed by atoms with Crippen LogP contribution in [0.2, 0.25) is 0 Å². The summed E-state index contributed by atoms with van der Waals surface area (Å²) in [7, 11) is 0. The first-order valence-corrected chi connectivity index (χ1v) is 6.10. The van der Waals surface area contributed by atoms with Crippen molar-refractivity contribution < 1.29 is 0 Å². The van der Waals surface area contributed by atoms with Crippen molar-refractivity contribution in [3.8, 4) is 22.3 Å². The van der Waals surface area contributed by atoms with Gasteiger partial charge >= 0.3 is 0 Å². The summed E-state index contributed by atoms with van der Waals surface area (Å²) in [5, 5.41) is 0. The zero-order valence-electron chi connectivity index (χ0n) is 9.88. The second kappa shape index (κ2) is 3.48. The minimum Gasteiger partial charge on any atom is -0.0613 e. The van der Waals surface area contributed by atoms with Crippen LogP contribution in [0.15, 0.2) is 36.4 Å². The van der Waals surface area contributed by atoms with Crippen LogP contribution in [0.25, 0.3) is 22.3 Å². The predicted molar refractivity (Wildman–Crippen MR) is 69.6 cm³/mol. The summed E-state index contributed by atoms with van der Waals surface area (Å²) in [6, 6.07) is 13.7. The van der Waals surface area contributed by atoms with Gasteiger partial charge in [-0.3, -0.25) is 0 Å². The Bertz CT molecular complexity index is 498. The van der Waals surface area contributed by atoms with Crippen LogP contribution in [0.4, 0.5) is 0 Å². The van der Waals surface area contributed by atoms with Crippen molar-refractivity contribution in [3.63, 3.8) is 0 Å². The molecule has 0 atom stereocenters. The lowest BCUT2D eigenvalue weighted by atomic mass is 9.78. The van der Waals surface area contributed by atoms with Crippen LogP contribution in [0.3, 0.4) is 0 Å². The van der Waals surface area contributed by atoms with Gasteiger partial charge in [-0.1, -0.05) is 50.2 Å². The Hall–Kier alpha value is -1.56. The van der Waals surface area contributed by atoms with Gasteiger partial charge in [0.25, 0.3) is 0 Å². The lowest BCUT2D eigenvalue weighted by molar-refractivity contribution is 1.13. The average Bonchev–Trinajstić information content (AvgIpc) is 2.34. The van der Waals surface area contributed by atoms with E-state index in [1.807, 2.05) is 0 Å². The van der Waals surface area contributed by atoms with Gasteiger partial charge in [0, 0.05) is 0 Å². The highest BCUT2D eigenvalue weighted by Gasteiger charge is 2.21. The first-order chi connectivity index (χ1) is 7.83. The zero-order chi connectivity index (χ0) is 11.1. The highest BCUT2D eigenvalue weighted by molar-refractivity contribution is 6.02. The molecule has 0 heterocycles. The second-order valence-electron chi connectivity index (χ2n) is 4.47. The maximum absolute atomic E-state index is 2.34. The Balaban J connectivity index is 2.12. The van der Waals surface area contributed by atoms with Gasteiger partial charge in [-0.15, -0.1) is 0 Å². The standard InChI is InChI=1S/C16H16/c1-3-11-5-7-13-14-8-6-12(4-2)10-16(14)15(13)9-11/h5-10H,3-4H2,1-2H3. The quantitative estimate of drug-likeness (QED) is 0.583. The molecule has 0 bridgehead atoms. The van der Waals surface area contributed by atoms with Crippen molar-refractivity contribution in [2.24, 2.45) is 0 Å². The topological polar surface area (TPSA) is 0 Å². The van der Waals surface area contributed by atoms with E-state index >= 15 is 0 Å². The summed E-state index contributed by atoms with van der Waals surface area (Å²) in [5.41, 5.74) is 8.62. The lowest BCUT2D eigenvalue weighted by Gasteiger charge is -2.25. The maximum atomic E-state index is 2.34. The van der Waals surface area contributed by atoms with Gasteiger partial charge in [0.15, 0.2) is 0 Å². The number of aryl methyl sites for hydroxylation is 2. The highest BCUT2D eigenvalue weighted by Crippen LogP contribution is 2.47.